The molecule has 0 fully saturated rings. The fourth-order valence-corrected chi connectivity index (χ4v) is 3.74. The number of amides is 1. The van der Waals surface area contributed by atoms with E-state index < -0.39 is 0 Å². The van der Waals surface area contributed by atoms with E-state index in [0.29, 0.717) is 12.1 Å². The summed E-state index contributed by atoms with van der Waals surface area (Å²) in [6.07, 6.45) is 0. The van der Waals surface area contributed by atoms with Gasteiger partial charge in [0.05, 0.1) is 6.54 Å². The van der Waals surface area contributed by atoms with Crippen molar-refractivity contribution in [3.63, 3.8) is 0 Å². The first-order valence-electron chi connectivity index (χ1n) is 9.60. The van der Waals surface area contributed by atoms with Crippen LogP contribution in [0.1, 0.15) is 38.7 Å². The van der Waals surface area contributed by atoms with Gasteiger partial charge in [-0.25, -0.2) is 0 Å². The van der Waals surface area contributed by atoms with Gasteiger partial charge in [-0.3, -0.25) is 4.79 Å². The molecular formula is C24H23ClN2O2. The third-order valence-corrected chi connectivity index (χ3v) is 5.63. The Morgan fingerprint density at radius 1 is 1.03 bits per heavy atom. The minimum Gasteiger partial charge on any atom is -0.465 e. The zero-order valence-corrected chi connectivity index (χ0v) is 17.5. The lowest BCUT2D eigenvalue weighted by atomic mass is 10.1. The zero-order chi connectivity index (χ0) is 20.5. The van der Waals surface area contributed by atoms with E-state index in [-0.39, 0.29) is 5.91 Å². The number of furan rings is 1. The average molecular weight is 407 g/mol. The molecule has 4 nitrogen and oxygen atoms in total. The van der Waals surface area contributed by atoms with Crippen molar-refractivity contribution < 1.29 is 9.21 Å². The topological polar surface area (TPSA) is 47.2 Å². The highest BCUT2D eigenvalue weighted by Crippen LogP contribution is 2.27. The van der Waals surface area contributed by atoms with Gasteiger partial charge in [-0.2, -0.15) is 0 Å². The van der Waals surface area contributed by atoms with Crippen molar-refractivity contribution in [2.45, 2.75) is 33.9 Å². The first-order valence-corrected chi connectivity index (χ1v) is 9.97. The number of nitrogens with zero attached hydrogens (tertiary/aromatic N) is 1. The van der Waals surface area contributed by atoms with E-state index in [0.717, 1.165) is 34.0 Å². The molecule has 0 saturated heterocycles. The van der Waals surface area contributed by atoms with Crippen molar-refractivity contribution in [3.8, 4) is 0 Å². The summed E-state index contributed by atoms with van der Waals surface area (Å²) < 4.78 is 7.79. The third-order valence-electron chi connectivity index (χ3n) is 5.37. The van der Waals surface area contributed by atoms with Gasteiger partial charge in [0.25, 0.3) is 5.91 Å². The van der Waals surface area contributed by atoms with E-state index in [2.05, 4.69) is 23.7 Å². The first-order chi connectivity index (χ1) is 13.9. The molecule has 0 aliphatic rings. The smallest absolute Gasteiger partial charge is 0.251 e. The van der Waals surface area contributed by atoms with E-state index in [9.17, 15) is 4.79 Å². The van der Waals surface area contributed by atoms with Gasteiger partial charge in [0.2, 0.25) is 0 Å². The number of aryl methyl sites for hydroxylation is 2. The fraction of sp³-hybridized carbons (Fsp3) is 0.208. The molecule has 1 N–H and O–H groups in total. The summed E-state index contributed by atoms with van der Waals surface area (Å²) in [5.41, 5.74) is 5.33. The highest BCUT2D eigenvalue weighted by molar-refractivity contribution is 6.30. The van der Waals surface area contributed by atoms with E-state index in [1.165, 1.54) is 16.8 Å². The number of aromatic nitrogens is 1. The number of rotatable bonds is 5. The second-order valence-corrected chi connectivity index (χ2v) is 7.79. The van der Waals surface area contributed by atoms with E-state index >= 15 is 0 Å². The van der Waals surface area contributed by atoms with Crippen LogP contribution in [-0.4, -0.2) is 10.5 Å². The molecule has 1 amide bonds. The summed E-state index contributed by atoms with van der Waals surface area (Å²) in [5, 5.41) is 4.76. The van der Waals surface area contributed by atoms with Crippen molar-refractivity contribution in [2.24, 2.45) is 0 Å². The Morgan fingerprint density at radius 3 is 2.48 bits per heavy atom. The predicted molar refractivity (Wildman–Crippen MR) is 117 cm³/mol. The molecule has 0 aliphatic carbocycles. The summed E-state index contributed by atoms with van der Waals surface area (Å²) in [5.74, 6) is 1.48. The fourth-order valence-electron chi connectivity index (χ4n) is 3.62. The summed E-state index contributed by atoms with van der Waals surface area (Å²) in [6, 6.07) is 17.5. The standard InChI is InChI=1S/C24H23ClN2O2/c1-15-4-10-21(29-15)13-26-24(28)19-7-11-23-22(12-19)16(2)17(3)27(23)14-18-5-8-20(25)9-6-18/h4-12H,13-14H2,1-3H3,(H,26,28). The molecule has 2 aromatic carbocycles. The van der Waals surface area contributed by atoms with Crippen LogP contribution in [0.5, 0.6) is 0 Å². The number of carbonyl (C=O) groups is 1. The van der Waals surface area contributed by atoms with Crippen LogP contribution in [0, 0.1) is 20.8 Å². The normalized spacial score (nSPS) is 11.2. The largest absolute Gasteiger partial charge is 0.465 e. The predicted octanol–water partition coefficient (Wildman–Crippen LogP) is 5.79. The van der Waals surface area contributed by atoms with Gasteiger partial charge in [-0.05, 0) is 74.4 Å². The molecule has 0 bridgehead atoms. The number of nitrogens with one attached hydrogen (secondary N) is 1. The molecule has 5 heteroatoms. The van der Waals surface area contributed by atoms with Crippen molar-refractivity contribution in [3.05, 3.63) is 93.5 Å². The molecule has 29 heavy (non-hydrogen) atoms. The monoisotopic (exact) mass is 406 g/mol. The van der Waals surface area contributed by atoms with Crippen molar-refractivity contribution >= 4 is 28.4 Å². The van der Waals surface area contributed by atoms with Gasteiger partial charge in [-0.15, -0.1) is 0 Å². The second-order valence-electron chi connectivity index (χ2n) is 7.35. The summed E-state index contributed by atoms with van der Waals surface area (Å²) in [7, 11) is 0. The van der Waals surface area contributed by atoms with Crippen LogP contribution in [-0.2, 0) is 13.1 Å². The molecule has 2 heterocycles. The molecule has 4 rings (SSSR count). The molecule has 2 aromatic heterocycles. The summed E-state index contributed by atoms with van der Waals surface area (Å²) >= 11 is 6.01. The Morgan fingerprint density at radius 2 is 1.79 bits per heavy atom. The number of benzene rings is 2. The Balaban J connectivity index is 1.59. The van der Waals surface area contributed by atoms with Crippen LogP contribution in [0.2, 0.25) is 5.02 Å². The minimum absolute atomic E-state index is 0.108. The highest BCUT2D eigenvalue weighted by Gasteiger charge is 2.14. The van der Waals surface area contributed by atoms with Crippen molar-refractivity contribution in [1.29, 1.82) is 0 Å². The Kier molecular flexibility index (Phi) is 5.20. The van der Waals surface area contributed by atoms with Gasteiger partial charge in [-0.1, -0.05) is 23.7 Å². The van der Waals surface area contributed by atoms with Crippen LogP contribution < -0.4 is 5.32 Å². The van der Waals surface area contributed by atoms with Crippen molar-refractivity contribution in [1.82, 2.24) is 9.88 Å². The van der Waals surface area contributed by atoms with Gasteiger partial charge in [0.15, 0.2) is 0 Å². The summed E-state index contributed by atoms with van der Waals surface area (Å²) in [4.78, 5) is 12.6. The molecule has 0 unspecified atom stereocenters. The summed E-state index contributed by atoms with van der Waals surface area (Å²) in [6.45, 7) is 7.24. The molecule has 148 valence electrons. The van der Waals surface area contributed by atoms with Gasteiger partial charge < -0.3 is 14.3 Å². The van der Waals surface area contributed by atoms with E-state index in [4.69, 9.17) is 16.0 Å². The first kappa shape index (κ1) is 19.3. The van der Waals surface area contributed by atoms with Gasteiger partial charge >= 0.3 is 0 Å². The molecule has 0 radical (unpaired) electrons. The quantitative estimate of drug-likeness (QED) is 0.456. The zero-order valence-electron chi connectivity index (χ0n) is 16.8. The number of halogens is 1. The lowest BCUT2D eigenvalue weighted by molar-refractivity contribution is 0.0948. The molecule has 4 aromatic rings. The van der Waals surface area contributed by atoms with Crippen molar-refractivity contribution in [2.75, 3.05) is 0 Å². The Bertz CT molecular complexity index is 1190. The number of hydrogen-bond donors (Lipinski definition) is 1. The number of fused-ring (bicyclic) bond motifs is 1. The van der Waals surface area contributed by atoms with Crippen LogP contribution in [0.3, 0.4) is 0 Å². The number of hydrogen-bond acceptors (Lipinski definition) is 2. The van der Waals surface area contributed by atoms with Crippen LogP contribution in [0.4, 0.5) is 0 Å². The van der Waals surface area contributed by atoms with Crippen LogP contribution in [0.25, 0.3) is 10.9 Å². The third kappa shape index (κ3) is 3.94. The molecule has 0 saturated carbocycles. The maximum Gasteiger partial charge on any atom is 0.251 e. The Labute approximate surface area is 175 Å². The Hall–Kier alpha value is -2.98. The van der Waals surface area contributed by atoms with E-state index in [1.807, 2.05) is 61.5 Å². The highest BCUT2D eigenvalue weighted by atomic mass is 35.5. The van der Waals surface area contributed by atoms with E-state index in [1.54, 1.807) is 0 Å². The van der Waals surface area contributed by atoms with Gasteiger partial charge in [0, 0.05) is 33.7 Å². The lowest BCUT2D eigenvalue weighted by Crippen LogP contribution is -2.22. The average Bonchev–Trinajstić information content (AvgIpc) is 3.24. The molecule has 0 atom stereocenters. The number of carbonyl (C=O) groups excluding carboxylic acids is 1. The second kappa shape index (κ2) is 7.80. The lowest BCUT2D eigenvalue weighted by Gasteiger charge is -2.09. The van der Waals surface area contributed by atoms with Gasteiger partial charge in [0.1, 0.15) is 11.5 Å². The molecular weight excluding hydrogens is 384 g/mol. The minimum atomic E-state index is -0.108. The SMILES string of the molecule is Cc1ccc(CNC(=O)c2ccc3c(c2)c(C)c(C)n3Cc2ccc(Cl)cc2)o1. The maximum absolute atomic E-state index is 12.6. The molecule has 0 aliphatic heterocycles. The molecule has 0 spiro atoms. The van der Waals surface area contributed by atoms with Crippen LogP contribution in [0.15, 0.2) is 59.0 Å². The maximum atomic E-state index is 12.6. The van der Waals surface area contributed by atoms with Crippen LogP contribution >= 0.6 is 11.6 Å².